The Morgan fingerprint density at radius 2 is 1.76 bits per heavy atom. The van der Waals surface area contributed by atoms with Gasteiger partial charge in [0.15, 0.2) is 0 Å². The molecule has 1 N–H and O–H groups in total. The van der Waals surface area contributed by atoms with E-state index in [1.54, 1.807) is 0 Å². The number of nitrogens with zero attached hydrogens (tertiary/aromatic N) is 1. The van der Waals surface area contributed by atoms with Gasteiger partial charge in [-0.05, 0) is 37.0 Å². The highest BCUT2D eigenvalue weighted by molar-refractivity contribution is 5.18. The highest BCUT2D eigenvalue weighted by atomic mass is 19.1. The number of nitrogens with one attached hydrogen (secondary N) is 1. The molecule has 0 saturated carbocycles. The van der Waals surface area contributed by atoms with Gasteiger partial charge in [0, 0.05) is 37.3 Å². The van der Waals surface area contributed by atoms with Crippen LogP contribution in [0.3, 0.4) is 0 Å². The van der Waals surface area contributed by atoms with E-state index in [1.807, 2.05) is 0 Å². The summed E-state index contributed by atoms with van der Waals surface area (Å²) in [6.45, 7) is 9.03. The molecule has 0 radical (unpaired) electrons. The van der Waals surface area contributed by atoms with Crippen LogP contribution in [0.25, 0.3) is 0 Å². The van der Waals surface area contributed by atoms with Crippen molar-refractivity contribution in [1.82, 2.24) is 10.2 Å². The van der Waals surface area contributed by atoms with E-state index in [-0.39, 0.29) is 5.54 Å². The van der Waals surface area contributed by atoms with Crippen LogP contribution in [0.2, 0.25) is 0 Å². The first-order valence-corrected chi connectivity index (χ1v) is 7.96. The van der Waals surface area contributed by atoms with E-state index >= 15 is 0 Å². The Balaban J connectivity index is 2.17. The summed E-state index contributed by atoms with van der Waals surface area (Å²) >= 11 is 0. The van der Waals surface area contributed by atoms with Gasteiger partial charge in [-0.3, -0.25) is 4.90 Å². The zero-order chi connectivity index (χ0) is 15.5. The molecule has 0 amide bonds. The van der Waals surface area contributed by atoms with Gasteiger partial charge in [0.1, 0.15) is 11.6 Å². The zero-order valence-corrected chi connectivity index (χ0v) is 13.3. The third kappa shape index (κ3) is 3.80. The number of hydrogen-bond acceptors (Lipinski definition) is 2. The summed E-state index contributed by atoms with van der Waals surface area (Å²) in [4.78, 5) is 2.37. The van der Waals surface area contributed by atoms with Crippen LogP contribution in [0, 0.1) is 11.6 Å². The van der Waals surface area contributed by atoms with Crippen LogP contribution in [0.1, 0.15) is 45.6 Å². The largest absolute Gasteiger partial charge is 0.308 e. The number of halogens is 2. The fourth-order valence-electron chi connectivity index (χ4n) is 3.29. The van der Waals surface area contributed by atoms with Gasteiger partial charge in [0.05, 0.1) is 0 Å². The third-order valence-corrected chi connectivity index (χ3v) is 4.87. The van der Waals surface area contributed by atoms with Crippen LogP contribution in [-0.2, 0) is 6.54 Å². The molecular formula is C17H26F2N2. The van der Waals surface area contributed by atoms with E-state index in [4.69, 9.17) is 0 Å². The zero-order valence-electron chi connectivity index (χ0n) is 13.3. The molecular weight excluding hydrogens is 270 g/mol. The number of hydrogen-bond donors (Lipinski definition) is 1. The van der Waals surface area contributed by atoms with Crippen LogP contribution in [0.15, 0.2) is 18.2 Å². The Morgan fingerprint density at radius 1 is 1.14 bits per heavy atom. The normalized spacial score (nSPS) is 22.4. The van der Waals surface area contributed by atoms with Crippen molar-refractivity contribution in [1.29, 1.82) is 0 Å². The fraction of sp³-hybridized carbons (Fsp3) is 0.647. The van der Waals surface area contributed by atoms with Crippen LogP contribution in [-0.4, -0.2) is 29.6 Å². The monoisotopic (exact) mass is 296 g/mol. The Kier molecular flexibility index (Phi) is 5.33. The third-order valence-electron chi connectivity index (χ3n) is 4.87. The lowest BCUT2D eigenvalue weighted by Gasteiger charge is -2.47. The second kappa shape index (κ2) is 6.84. The van der Waals surface area contributed by atoms with Crippen LogP contribution in [0.5, 0.6) is 0 Å². The van der Waals surface area contributed by atoms with Gasteiger partial charge < -0.3 is 5.32 Å². The highest BCUT2D eigenvalue weighted by Crippen LogP contribution is 2.25. The molecule has 1 aromatic rings. The van der Waals surface area contributed by atoms with Crippen molar-refractivity contribution in [3.05, 3.63) is 35.4 Å². The molecule has 1 unspecified atom stereocenters. The van der Waals surface area contributed by atoms with Gasteiger partial charge in [-0.25, -0.2) is 8.78 Å². The summed E-state index contributed by atoms with van der Waals surface area (Å²) in [7, 11) is 0. The molecule has 4 heteroatoms. The van der Waals surface area contributed by atoms with Gasteiger partial charge in [0.2, 0.25) is 0 Å². The molecule has 1 aromatic carbocycles. The first-order valence-electron chi connectivity index (χ1n) is 7.96. The Bertz CT molecular complexity index is 452. The minimum absolute atomic E-state index is 0.123. The van der Waals surface area contributed by atoms with E-state index < -0.39 is 11.6 Å². The second-order valence-electron chi connectivity index (χ2n) is 6.11. The van der Waals surface area contributed by atoms with Crippen molar-refractivity contribution in [2.24, 2.45) is 0 Å². The van der Waals surface area contributed by atoms with E-state index in [1.165, 1.54) is 12.1 Å². The Hall–Kier alpha value is -1.00. The Labute approximate surface area is 126 Å². The van der Waals surface area contributed by atoms with Gasteiger partial charge in [-0.2, -0.15) is 0 Å². The number of benzene rings is 1. The predicted octanol–water partition coefficient (Wildman–Crippen LogP) is 3.71. The summed E-state index contributed by atoms with van der Waals surface area (Å²) in [5, 5.41) is 3.68. The summed E-state index contributed by atoms with van der Waals surface area (Å²) in [5.74, 6) is -0.990. The predicted molar refractivity (Wildman–Crippen MR) is 82.2 cm³/mol. The lowest BCUT2D eigenvalue weighted by Crippen LogP contribution is -2.63. The molecule has 2 rings (SSSR count). The lowest BCUT2D eigenvalue weighted by atomic mass is 9.88. The minimum atomic E-state index is -0.495. The smallest absolute Gasteiger partial charge is 0.126 e. The summed E-state index contributed by atoms with van der Waals surface area (Å²) < 4.78 is 26.7. The molecule has 118 valence electrons. The van der Waals surface area contributed by atoms with Crippen LogP contribution < -0.4 is 5.32 Å². The maximum absolute atomic E-state index is 13.4. The van der Waals surface area contributed by atoms with Crippen molar-refractivity contribution < 1.29 is 8.78 Å². The molecule has 1 saturated heterocycles. The van der Waals surface area contributed by atoms with Gasteiger partial charge in [-0.15, -0.1) is 0 Å². The van der Waals surface area contributed by atoms with Crippen molar-refractivity contribution in [2.75, 3.05) is 13.1 Å². The fourth-order valence-corrected chi connectivity index (χ4v) is 3.29. The molecule has 1 fully saturated rings. The van der Waals surface area contributed by atoms with E-state index in [0.29, 0.717) is 18.2 Å². The van der Waals surface area contributed by atoms with Crippen LogP contribution in [0.4, 0.5) is 8.78 Å². The molecule has 21 heavy (non-hydrogen) atoms. The number of piperazine rings is 1. The maximum Gasteiger partial charge on any atom is 0.126 e. The molecule has 1 atom stereocenters. The first-order chi connectivity index (χ1) is 10.0. The molecule has 0 bridgehead atoms. The van der Waals surface area contributed by atoms with Crippen molar-refractivity contribution in [3.8, 4) is 0 Å². The summed E-state index contributed by atoms with van der Waals surface area (Å²) in [6.07, 6.45) is 3.16. The maximum atomic E-state index is 13.4. The summed E-state index contributed by atoms with van der Waals surface area (Å²) in [5.41, 5.74) is 0.839. The molecule has 2 nitrogen and oxygen atoms in total. The van der Waals surface area contributed by atoms with E-state index in [0.717, 1.165) is 38.4 Å². The topological polar surface area (TPSA) is 15.3 Å². The molecule has 0 spiro atoms. The first kappa shape index (κ1) is 16.4. The molecule has 0 aliphatic carbocycles. The quantitative estimate of drug-likeness (QED) is 0.891. The molecule has 1 aliphatic rings. The second-order valence-corrected chi connectivity index (χ2v) is 6.11. The van der Waals surface area contributed by atoms with Gasteiger partial charge in [-0.1, -0.05) is 20.8 Å². The molecule has 0 aromatic heterocycles. The highest BCUT2D eigenvalue weighted by Gasteiger charge is 2.35. The summed E-state index contributed by atoms with van der Waals surface area (Å²) in [6, 6.07) is 4.23. The Morgan fingerprint density at radius 3 is 2.29 bits per heavy atom. The minimum Gasteiger partial charge on any atom is -0.308 e. The van der Waals surface area contributed by atoms with Crippen LogP contribution >= 0.6 is 0 Å². The van der Waals surface area contributed by atoms with E-state index in [9.17, 15) is 8.78 Å². The average molecular weight is 296 g/mol. The van der Waals surface area contributed by atoms with E-state index in [2.05, 4.69) is 31.0 Å². The van der Waals surface area contributed by atoms with Gasteiger partial charge in [0.25, 0.3) is 0 Å². The average Bonchev–Trinajstić information content (AvgIpc) is 2.46. The van der Waals surface area contributed by atoms with Crippen molar-refractivity contribution >= 4 is 0 Å². The van der Waals surface area contributed by atoms with Crippen molar-refractivity contribution in [3.63, 3.8) is 0 Å². The molecule has 1 heterocycles. The molecule has 1 aliphatic heterocycles. The number of rotatable bonds is 5. The van der Waals surface area contributed by atoms with Crippen molar-refractivity contribution in [2.45, 2.75) is 58.2 Å². The SMILES string of the molecule is CCC1CNC(CC)(CC)CN1Cc1cc(F)cc(F)c1. The standard InChI is InChI=1S/C17H26F2N2/c1-4-16-10-20-17(5-2,6-3)12-21(16)11-13-7-14(18)9-15(19)8-13/h7-9,16,20H,4-6,10-12H2,1-3H3. The van der Waals surface area contributed by atoms with Gasteiger partial charge >= 0.3 is 0 Å². The lowest BCUT2D eigenvalue weighted by molar-refractivity contribution is 0.0642.